The Labute approximate surface area is 383 Å². The van der Waals surface area contributed by atoms with Crippen LogP contribution < -0.4 is 10.7 Å². The Kier molecular flexibility index (Phi) is 14.3. The lowest BCUT2D eigenvalue weighted by molar-refractivity contribution is -0.155. The van der Waals surface area contributed by atoms with E-state index in [2.05, 4.69) is 82.9 Å². The zero-order chi connectivity index (χ0) is 46.0. The Hall–Kier alpha value is -4.86. The van der Waals surface area contributed by atoms with Crippen LogP contribution >= 0.6 is 0 Å². The van der Waals surface area contributed by atoms with Crippen LogP contribution in [0.25, 0.3) is 33.3 Å². The Morgan fingerprint density at radius 1 is 1.09 bits per heavy atom. The number of likely N-dealkylation sites (N-methyl/N-ethyl adjacent to an activating group) is 1. The molecular weight excluding hydrogens is 823 g/mol. The highest BCUT2D eigenvalue weighted by Gasteiger charge is 2.38. The first-order valence-electron chi connectivity index (χ1n) is 23.7. The van der Waals surface area contributed by atoms with E-state index in [-0.39, 0.29) is 49.1 Å². The number of fused-ring (bicyclic) bond motifs is 6. The number of likely N-dealkylation sites (tertiary alicyclic amines) is 1. The average molecular weight is 892 g/mol. The highest BCUT2D eigenvalue weighted by molar-refractivity contribution is 5.95. The summed E-state index contributed by atoms with van der Waals surface area (Å²) in [5.74, 6) is -0.856. The number of rotatable bonds is 12. The van der Waals surface area contributed by atoms with Gasteiger partial charge < -0.3 is 29.2 Å². The van der Waals surface area contributed by atoms with Crippen LogP contribution in [0.1, 0.15) is 70.6 Å². The summed E-state index contributed by atoms with van der Waals surface area (Å²) in [5.41, 5.74) is 10.5. The predicted octanol–water partition coefficient (Wildman–Crippen LogP) is 5.82. The van der Waals surface area contributed by atoms with Gasteiger partial charge in [0.25, 0.3) is 0 Å². The van der Waals surface area contributed by atoms with Gasteiger partial charge in [-0.15, -0.1) is 0 Å². The second-order valence-corrected chi connectivity index (χ2v) is 20.0. The first-order chi connectivity index (χ1) is 31.2. The number of phenolic OH excluding ortho intramolecular Hbond substituents is 1. The van der Waals surface area contributed by atoms with Crippen molar-refractivity contribution in [1.29, 1.82) is 0 Å². The van der Waals surface area contributed by atoms with Crippen molar-refractivity contribution < 1.29 is 33.7 Å². The van der Waals surface area contributed by atoms with Crippen molar-refractivity contribution >= 4 is 28.7 Å². The summed E-state index contributed by atoms with van der Waals surface area (Å²) in [5, 5.41) is 17.1. The minimum atomic E-state index is -0.709. The number of amides is 2. The van der Waals surface area contributed by atoms with Gasteiger partial charge in [0.05, 0.1) is 50.1 Å². The highest BCUT2D eigenvalue weighted by atomic mass is 16.5. The monoisotopic (exact) mass is 892 g/mol. The molecule has 6 bridgehead atoms. The number of hydrazine groups is 1. The number of phenols is 1. The fourth-order valence-electron chi connectivity index (χ4n) is 10.7. The van der Waals surface area contributed by atoms with E-state index in [0.29, 0.717) is 50.9 Å². The zero-order valence-corrected chi connectivity index (χ0v) is 39.4. The molecule has 0 spiro atoms. The summed E-state index contributed by atoms with van der Waals surface area (Å²) < 4.78 is 19.6. The number of aromatic nitrogens is 2. The third-order valence-electron chi connectivity index (χ3n) is 14.0. The van der Waals surface area contributed by atoms with Crippen molar-refractivity contribution in [2.75, 3.05) is 66.7 Å². The van der Waals surface area contributed by atoms with Crippen LogP contribution in [0.2, 0.25) is 0 Å². The first kappa shape index (κ1) is 46.7. The minimum absolute atomic E-state index is 0.0348. The van der Waals surface area contributed by atoms with Gasteiger partial charge >= 0.3 is 5.97 Å². The molecule has 2 amide bonds. The summed E-state index contributed by atoms with van der Waals surface area (Å²) in [6.07, 6.45) is 6.76. The van der Waals surface area contributed by atoms with Gasteiger partial charge in [-0.25, -0.2) is 5.43 Å². The first-order valence-corrected chi connectivity index (χ1v) is 23.7. The molecule has 4 atom stereocenters. The molecule has 350 valence electrons. The van der Waals surface area contributed by atoms with Gasteiger partial charge in [0.2, 0.25) is 11.8 Å². The van der Waals surface area contributed by atoms with Crippen LogP contribution in [0.3, 0.4) is 0 Å². The largest absolute Gasteiger partial charge is 0.508 e. The average Bonchev–Trinajstić information content (AvgIpc) is 3.83. The molecule has 6 heterocycles. The molecule has 0 unspecified atom stereocenters. The number of ether oxygens (including phenoxy) is 3. The molecule has 65 heavy (non-hydrogen) atoms. The molecule has 2 aromatic carbocycles. The molecule has 4 aliphatic rings. The number of carbonyl (C=O) groups is 3. The van der Waals surface area contributed by atoms with Crippen LogP contribution in [0.15, 0.2) is 54.9 Å². The molecule has 3 saturated heterocycles. The third kappa shape index (κ3) is 10.3. The maximum absolute atomic E-state index is 14.7. The smallest absolute Gasteiger partial charge is 0.324 e. The number of esters is 1. The van der Waals surface area contributed by atoms with Crippen molar-refractivity contribution in [3.05, 3.63) is 71.5 Å². The van der Waals surface area contributed by atoms with Crippen LogP contribution in [0.5, 0.6) is 5.75 Å². The molecule has 4 aliphatic heterocycles. The highest BCUT2D eigenvalue weighted by Crippen LogP contribution is 2.41. The van der Waals surface area contributed by atoms with Gasteiger partial charge in [0, 0.05) is 74.1 Å². The van der Waals surface area contributed by atoms with Crippen molar-refractivity contribution in [3.8, 4) is 28.1 Å². The maximum atomic E-state index is 14.7. The van der Waals surface area contributed by atoms with Crippen molar-refractivity contribution in [2.24, 2.45) is 23.2 Å². The molecule has 4 aromatic rings. The second-order valence-electron chi connectivity index (χ2n) is 20.0. The van der Waals surface area contributed by atoms with Crippen LogP contribution in [-0.2, 0) is 54.6 Å². The molecule has 3 N–H and O–H groups in total. The van der Waals surface area contributed by atoms with E-state index in [4.69, 9.17) is 14.2 Å². The number of methoxy groups -OCH3 is 1. The molecule has 0 radical (unpaired) electrons. The van der Waals surface area contributed by atoms with E-state index < -0.39 is 23.3 Å². The summed E-state index contributed by atoms with van der Waals surface area (Å²) in [7, 11) is 3.73. The van der Waals surface area contributed by atoms with Gasteiger partial charge in [-0.1, -0.05) is 39.8 Å². The number of hydrogen-bond donors (Lipinski definition) is 3. The Morgan fingerprint density at radius 2 is 1.91 bits per heavy atom. The number of nitrogens with one attached hydrogen (secondary N) is 2. The lowest BCUT2D eigenvalue weighted by Gasteiger charge is -2.36. The Morgan fingerprint density at radius 3 is 2.65 bits per heavy atom. The molecule has 0 saturated carbocycles. The molecule has 0 aliphatic carbocycles. The van der Waals surface area contributed by atoms with E-state index in [1.54, 1.807) is 30.4 Å². The Bertz CT molecular complexity index is 2360. The SMILES string of the molecule is CCn1c(-c2cnccc2COC)c2c3cc(ccc31)-c1cc(O)cc(c1)C[C@H](CNC(=O)[C@H](C(C)C)N(C)C[C@H]1CCN(C3COC3)C1)C(=O)N1CCC[C@H](N1)C(=O)OCC(C)(C)C2. The molecule has 14 nitrogen and oxygen atoms in total. The number of aromatic hydroxyl groups is 1. The summed E-state index contributed by atoms with van der Waals surface area (Å²) in [6.45, 7) is 16.7. The molecule has 8 rings (SSSR count). The number of benzene rings is 2. The zero-order valence-electron chi connectivity index (χ0n) is 39.4. The number of hydrogen-bond acceptors (Lipinski definition) is 11. The van der Waals surface area contributed by atoms with E-state index in [1.807, 2.05) is 25.4 Å². The number of carbonyl (C=O) groups excluding carboxylic acids is 3. The molecular formula is C51H69N7O7. The van der Waals surface area contributed by atoms with Gasteiger partial charge in [0.15, 0.2) is 0 Å². The fourth-order valence-corrected chi connectivity index (χ4v) is 10.7. The minimum Gasteiger partial charge on any atom is -0.508 e. The number of cyclic esters (lactones) is 1. The van der Waals surface area contributed by atoms with Crippen LogP contribution in [0.4, 0.5) is 0 Å². The number of nitrogens with zero attached hydrogens (tertiary/aromatic N) is 5. The van der Waals surface area contributed by atoms with E-state index >= 15 is 0 Å². The summed E-state index contributed by atoms with van der Waals surface area (Å²) in [6, 6.07) is 13.3. The number of aryl methyl sites for hydroxylation is 1. The van der Waals surface area contributed by atoms with E-state index in [9.17, 15) is 19.5 Å². The molecule has 2 aromatic heterocycles. The van der Waals surface area contributed by atoms with Crippen molar-refractivity contribution in [2.45, 2.75) is 98.0 Å². The molecule has 14 heteroatoms. The topological polar surface area (TPSA) is 151 Å². The van der Waals surface area contributed by atoms with Gasteiger partial charge in [-0.3, -0.25) is 34.2 Å². The molecule has 3 fully saturated rings. The number of pyridine rings is 1. The fraction of sp³-hybridized carbons (Fsp3) is 0.569. The standard InChI is InChI=1S/C51H69N7O7/c1-8-57-45-12-11-35-22-41(45)42(47(57)43-25-52-15-13-36(43)28-63-7)23-51(4,5)31-65-50(62)44-10-9-16-58(54-44)49(61)38(19-34-18-37(35)21-40(59)20-34)24-53-48(60)46(32(2)3)55(6)26-33-14-17-56(27-33)39-29-64-30-39/h11-13,15,18,20-22,25,32-33,38-39,44,46,54,59H,8-10,14,16-17,19,23-24,26-31H2,1-7H3,(H,53,60)/t33-,38-,44+,46+/m1/s1. The second kappa shape index (κ2) is 19.9. The van der Waals surface area contributed by atoms with Crippen LogP contribution in [0, 0.1) is 23.2 Å². The summed E-state index contributed by atoms with van der Waals surface area (Å²) in [4.78, 5) is 52.1. The quantitative estimate of drug-likeness (QED) is 0.148. The van der Waals surface area contributed by atoms with Crippen molar-refractivity contribution in [3.63, 3.8) is 0 Å². The third-order valence-corrected chi connectivity index (χ3v) is 14.0. The van der Waals surface area contributed by atoms with Crippen molar-refractivity contribution in [1.82, 2.24) is 35.1 Å². The van der Waals surface area contributed by atoms with Gasteiger partial charge in [-0.05, 0) is 123 Å². The predicted molar refractivity (Wildman–Crippen MR) is 251 cm³/mol. The van der Waals surface area contributed by atoms with Crippen LogP contribution in [-0.4, -0.2) is 132 Å². The lowest BCUT2D eigenvalue weighted by atomic mass is 9.84. The maximum Gasteiger partial charge on any atom is 0.324 e. The van der Waals surface area contributed by atoms with Gasteiger partial charge in [-0.2, -0.15) is 0 Å². The normalized spacial score (nSPS) is 22.5. The Balaban J connectivity index is 1.14. The van der Waals surface area contributed by atoms with Gasteiger partial charge in [0.1, 0.15) is 11.8 Å². The van der Waals surface area contributed by atoms with E-state index in [1.165, 1.54) is 0 Å². The van der Waals surface area contributed by atoms with E-state index in [0.717, 1.165) is 89.2 Å². The summed E-state index contributed by atoms with van der Waals surface area (Å²) >= 11 is 0. The lowest BCUT2D eigenvalue weighted by Crippen LogP contribution is -2.58.